The average Bonchev–Trinajstić information content (AvgIpc) is 3.04. The first-order valence-corrected chi connectivity index (χ1v) is 14.8. The minimum Gasteiger partial charge on any atom is -0.488 e. The van der Waals surface area contributed by atoms with Gasteiger partial charge in [0.05, 0.1) is 34.0 Å². The number of rotatable bonds is 8. The van der Waals surface area contributed by atoms with Crippen LogP contribution in [-0.4, -0.2) is 89.8 Å². The smallest absolute Gasteiger partial charge is 0.246 e. The second-order valence-corrected chi connectivity index (χ2v) is 11.2. The van der Waals surface area contributed by atoms with Crippen molar-refractivity contribution in [3.05, 3.63) is 90.8 Å². The van der Waals surface area contributed by atoms with Gasteiger partial charge in [0.2, 0.25) is 5.91 Å². The van der Waals surface area contributed by atoms with E-state index in [2.05, 4.69) is 31.9 Å². The van der Waals surface area contributed by atoms with Crippen LogP contribution in [0.15, 0.2) is 84.2 Å². The highest BCUT2D eigenvalue weighted by Crippen LogP contribution is 2.43. The van der Waals surface area contributed by atoms with E-state index >= 15 is 8.78 Å². The number of halogens is 2. The molecular formula is C33H34F2N8O3. The molecule has 1 unspecified atom stereocenters. The highest BCUT2D eigenvalue weighted by atomic mass is 19.1. The van der Waals surface area contributed by atoms with Crippen molar-refractivity contribution in [1.82, 2.24) is 24.8 Å². The number of likely N-dealkylation sites (N-methyl/N-ethyl adjacent to an activating group) is 1. The summed E-state index contributed by atoms with van der Waals surface area (Å²) in [5.74, 6) is -0.751. The number of benzene rings is 2. The van der Waals surface area contributed by atoms with E-state index in [0.29, 0.717) is 55.1 Å². The number of nitrogens with zero attached hydrogens (tertiary/aromatic N) is 7. The third kappa shape index (κ3) is 6.26. The highest BCUT2D eigenvalue weighted by Gasteiger charge is 2.35. The topological polar surface area (TPSA) is 98.7 Å². The number of aromatic nitrogens is 2. The van der Waals surface area contributed by atoms with Gasteiger partial charge >= 0.3 is 0 Å². The van der Waals surface area contributed by atoms with E-state index in [1.807, 2.05) is 42.1 Å². The third-order valence-electron chi connectivity index (χ3n) is 7.72. The number of nitrogens with one attached hydrogen (secondary N) is 1. The molecule has 3 aliphatic rings. The van der Waals surface area contributed by atoms with Gasteiger partial charge in [-0.1, -0.05) is 12.7 Å². The maximum atomic E-state index is 15.4. The zero-order valence-electron chi connectivity index (χ0n) is 25.8. The van der Waals surface area contributed by atoms with Crippen LogP contribution in [0, 0.1) is 11.6 Å². The molecule has 13 heteroatoms. The summed E-state index contributed by atoms with van der Waals surface area (Å²) in [6, 6.07) is 5.72. The van der Waals surface area contributed by atoms with Crippen LogP contribution in [-0.2, 0) is 4.79 Å². The lowest BCUT2D eigenvalue weighted by molar-refractivity contribution is -0.127. The van der Waals surface area contributed by atoms with Crippen molar-refractivity contribution in [2.45, 2.75) is 13.0 Å². The minimum absolute atomic E-state index is 0.0258. The number of allylic oxidation sites excluding steroid dienone is 2. The van der Waals surface area contributed by atoms with Crippen LogP contribution in [0.25, 0.3) is 10.9 Å². The number of carbonyl (C=O) groups excluding carboxylic acids is 1. The number of amides is 1. The number of piperazine rings is 1. The van der Waals surface area contributed by atoms with Crippen LogP contribution >= 0.6 is 0 Å². The quantitative estimate of drug-likeness (QED) is 0.279. The lowest BCUT2D eigenvalue weighted by Gasteiger charge is -2.45. The van der Waals surface area contributed by atoms with Crippen LogP contribution in [0.3, 0.4) is 0 Å². The van der Waals surface area contributed by atoms with Crippen LogP contribution in [0.4, 0.5) is 26.0 Å². The fourth-order valence-corrected chi connectivity index (χ4v) is 5.52. The Balaban J connectivity index is 1.22. The first kappa shape index (κ1) is 30.7. The Hall–Kier alpha value is -5.30. The number of ether oxygens (including phenoxy) is 2. The molecule has 3 aliphatic heterocycles. The molecule has 0 saturated carbocycles. The second kappa shape index (κ2) is 13.0. The number of fused-ring (bicyclic) bond motifs is 5. The Morgan fingerprint density at radius 3 is 2.87 bits per heavy atom. The molecule has 1 fully saturated rings. The summed E-state index contributed by atoms with van der Waals surface area (Å²) in [7, 11) is 3.90. The van der Waals surface area contributed by atoms with E-state index in [1.54, 1.807) is 37.6 Å². The summed E-state index contributed by atoms with van der Waals surface area (Å²) < 4.78 is 42.5. The maximum Gasteiger partial charge on any atom is 0.246 e. The normalized spacial score (nSPS) is 17.9. The molecule has 0 aliphatic carbocycles. The Kier molecular flexibility index (Phi) is 8.66. The molecule has 11 nitrogen and oxygen atoms in total. The van der Waals surface area contributed by atoms with E-state index in [9.17, 15) is 4.79 Å². The lowest BCUT2D eigenvalue weighted by atomic mass is 10.1. The zero-order chi connectivity index (χ0) is 32.4. The van der Waals surface area contributed by atoms with E-state index in [4.69, 9.17) is 9.47 Å². The van der Waals surface area contributed by atoms with E-state index in [0.717, 1.165) is 17.8 Å². The molecule has 3 aromatic rings. The highest BCUT2D eigenvalue weighted by molar-refractivity contribution is 6.00. The molecule has 1 N–H and O–H groups in total. The number of anilines is 3. The van der Waals surface area contributed by atoms with E-state index < -0.39 is 11.6 Å². The van der Waals surface area contributed by atoms with Crippen molar-refractivity contribution in [3.63, 3.8) is 0 Å². The molecule has 2 aromatic carbocycles. The first-order chi connectivity index (χ1) is 22.2. The molecular weight excluding hydrogens is 594 g/mol. The van der Waals surface area contributed by atoms with E-state index in [1.165, 1.54) is 11.3 Å². The zero-order valence-corrected chi connectivity index (χ0v) is 25.8. The van der Waals surface area contributed by atoms with Crippen LogP contribution < -0.4 is 19.7 Å². The van der Waals surface area contributed by atoms with Gasteiger partial charge in [-0.3, -0.25) is 4.79 Å². The number of hydrazone groups is 1. The molecule has 4 heterocycles. The summed E-state index contributed by atoms with van der Waals surface area (Å²) in [5.41, 5.74) is 1.77. The molecule has 6 rings (SSSR count). The molecule has 0 spiro atoms. The van der Waals surface area contributed by atoms with Gasteiger partial charge in [0.1, 0.15) is 24.5 Å². The molecule has 0 radical (unpaired) electrons. The van der Waals surface area contributed by atoms with Gasteiger partial charge in [-0.15, -0.1) is 0 Å². The van der Waals surface area contributed by atoms with Gasteiger partial charge in [0.15, 0.2) is 23.1 Å². The second-order valence-electron chi connectivity index (χ2n) is 11.2. The fraction of sp³-hybridized carbons (Fsp3) is 0.273. The summed E-state index contributed by atoms with van der Waals surface area (Å²) in [6.07, 6.45) is 11.2. The summed E-state index contributed by atoms with van der Waals surface area (Å²) >= 11 is 0. The standard InChI is InChI=1S/C33H34F2N8O3/c1-5-38-43-12-10-23(15-21(43)2)46-29-17-24(34)27(16-25(29)35)39-33-31-26(36-20-37-33)8-9-28-32(31)45-19-22-18-41(13-14-42(22)28)30(44)7-6-11-40(3)4/h5-10,12,15-17,20,22H,2,11,13-14,18-19H2,1,3-4H3,(H,36,37,39)/b7-6+,38-5-. The summed E-state index contributed by atoms with van der Waals surface area (Å²) in [6.45, 7) is 8.37. The van der Waals surface area contributed by atoms with Gasteiger partial charge in [-0.25, -0.2) is 23.8 Å². The lowest BCUT2D eigenvalue weighted by Crippen LogP contribution is -2.58. The molecule has 1 saturated heterocycles. The predicted molar refractivity (Wildman–Crippen MR) is 173 cm³/mol. The predicted octanol–water partition coefficient (Wildman–Crippen LogP) is 4.79. The molecule has 46 heavy (non-hydrogen) atoms. The van der Waals surface area contributed by atoms with Gasteiger partial charge in [0, 0.05) is 62.9 Å². The maximum absolute atomic E-state index is 15.4. The van der Waals surface area contributed by atoms with Crippen LogP contribution in [0.1, 0.15) is 6.92 Å². The van der Waals surface area contributed by atoms with E-state index in [-0.39, 0.29) is 35.0 Å². The fourth-order valence-electron chi connectivity index (χ4n) is 5.52. The molecule has 0 bridgehead atoms. The van der Waals surface area contributed by atoms with Crippen molar-refractivity contribution in [3.8, 4) is 11.5 Å². The monoisotopic (exact) mass is 628 g/mol. The van der Waals surface area contributed by atoms with Gasteiger partial charge < -0.3 is 29.5 Å². The number of hydrogen-bond donors (Lipinski definition) is 1. The first-order valence-electron chi connectivity index (χ1n) is 14.8. The Morgan fingerprint density at radius 1 is 1.24 bits per heavy atom. The van der Waals surface area contributed by atoms with Crippen LogP contribution in [0.5, 0.6) is 11.5 Å². The third-order valence-corrected chi connectivity index (χ3v) is 7.72. The van der Waals surface area contributed by atoms with Crippen molar-refractivity contribution < 1.29 is 23.0 Å². The number of hydrogen-bond acceptors (Lipinski definition) is 10. The molecule has 238 valence electrons. The van der Waals surface area contributed by atoms with Crippen molar-refractivity contribution in [2.75, 3.05) is 57.1 Å². The summed E-state index contributed by atoms with van der Waals surface area (Å²) in [4.78, 5) is 27.5. The summed E-state index contributed by atoms with van der Waals surface area (Å²) in [5, 5.41) is 9.12. The molecule has 1 amide bonds. The SMILES string of the molecule is C=C1C=C(Oc2cc(F)c(Nc3ncnc4ccc5c(c34)OCC3CN(C(=O)/C=C/CN(C)C)CCN53)cc2F)C=CN1/N=C\C. The van der Waals surface area contributed by atoms with Gasteiger partial charge in [0.25, 0.3) is 0 Å². The van der Waals surface area contributed by atoms with Crippen molar-refractivity contribution >= 4 is 40.2 Å². The Bertz CT molecular complexity index is 1810. The molecule has 1 atom stereocenters. The van der Waals surface area contributed by atoms with Crippen molar-refractivity contribution in [1.29, 1.82) is 0 Å². The average molecular weight is 629 g/mol. The largest absolute Gasteiger partial charge is 0.488 e. The Morgan fingerprint density at radius 2 is 2.09 bits per heavy atom. The number of carbonyl (C=O) groups is 1. The van der Waals surface area contributed by atoms with Gasteiger partial charge in [-0.05, 0) is 39.2 Å². The van der Waals surface area contributed by atoms with Crippen molar-refractivity contribution in [2.24, 2.45) is 5.10 Å². The molecule has 1 aromatic heterocycles. The Labute approximate surface area is 265 Å². The minimum atomic E-state index is -0.777. The van der Waals surface area contributed by atoms with Gasteiger partial charge in [-0.2, -0.15) is 5.10 Å². The van der Waals surface area contributed by atoms with Crippen LogP contribution in [0.2, 0.25) is 0 Å².